The van der Waals surface area contributed by atoms with E-state index in [9.17, 15) is 4.57 Å². The lowest BCUT2D eigenvalue weighted by Crippen LogP contribution is -2.00. The molecule has 1 atom stereocenters. The molecule has 102 valence electrons. The highest BCUT2D eigenvalue weighted by Crippen LogP contribution is 2.56. The smallest absolute Gasteiger partial charge is 0.403 e. The molecule has 0 saturated heterocycles. The fourth-order valence-corrected chi connectivity index (χ4v) is 3.52. The highest BCUT2D eigenvalue weighted by molar-refractivity contribution is 7.57. The zero-order chi connectivity index (χ0) is 13.9. The molecule has 1 unspecified atom stereocenters. The van der Waals surface area contributed by atoms with E-state index in [0.717, 1.165) is 11.1 Å². The summed E-state index contributed by atoms with van der Waals surface area (Å²) in [7, 11) is -3.15. The largest absolute Gasteiger partial charge is 0.426 e. The fourth-order valence-electron chi connectivity index (χ4n) is 1.91. The van der Waals surface area contributed by atoms with Crippen molar-refractivity contribution in [1.29, 1.82) is 0 Å². The molecule has 0 radical (unpaired) electrons. The van der Waals surface area contributed by atoms with Crippen LogP contribution in [0.25, 0.3) is 5.57 Å². The second-order valence-corrected chi connectivity index (χ2v) is 6.24. The van der Waals surface area contributed by atoms with Crippen molar-refractivity contribution in [2.24, 2.45) is 0 Å². The van der Waals surface area contributed by atoms with E-state index in [1.165, 1.54) is 5.56 Å². The fraction of sp³-hybridized carbons (Fsp3) is 0.333. The van der Waals surface area contributed by atoms with Crippen LogP contribution in [-0.4, -0.2) is 6.61 Å². The van der Waals surface area contributed by atoms with E-state index >= 15 is 0 Å². The molecule has 0 spiro atoms. The van der Waals surface area contributed by atoms with Crippen molar-refractivity contribution in [1.82, 2.24) is 0 Å². The van der Waals surface area contributed by atoms with Gasteiger partial charge in [-0.25, -0.2) is 4.57 Å². The van der Waals surface area contributed by atoms with E-state index in [2.05, 4.69) is 0 Å². The number of benzene rings is 1. The van der Waals surface area contributed by atoms with Gasteiger partial charge in [0, 0.05) is 12.2 Å². The number of hydrogen-bond acceptors (Lipinski definition) is 3. The SMILES string of the molecule is CCOP1(=O)C=C(c2ccc(C)cc2)C=C(CC)O1. The molecule has 0 aromatic heterocycles. The Bertz CT molecular complexity index is 555. The second kappa shape index (κ2) is 5.77. The monoisotopic (exact) mass is 278 g/mol. The first-order valence-electron chi connectivity index (χ1n) is 6.50. The van der Waals surface area contributed by atoms with Crippen LogP contribution < -0.4 is 0 Å². The highest BCUT2D eigenvalue weighted by Gasteiger charge is 2.28. The van der Waals surface area contributed by atoms with Crippen LogP contribution in [-0.2, 0) is 13.6 Å². The van der Waals surface area contributed by atoms with Gasteiger partial charge in [0.25, 0.3) is 0 Å². The summed E-state index contributed by atoms with van der Waals surface area (Å²) in [6.45, 7) is 6.19. The molecule has 0 saturated carbocycles. The highest BCUT2D eigenvalue weighted by atomic mass is 31.2. The first-order valence-corrected chi connectivity index (χ1v) is 8.12. The Hall–Kier alpha value is -1.31. The average molecular weight is 278 g/mol. The molecule has 4 heteroatoms. The summed E-state index contributed by atoms with van der Waals surface area (Å²) in [5.74, 6) is 2.32. The molecule has 0 amide bonds. The van der Waals surface area contributed by atoms with E-state index in [1.54, 1.807) is 5.82 Å². The zero-order valence-electron chi connectivity index (χ0n) is 11.6. The summed E-state index contributed by atoms with van der Waals surface area (Å²) < 4.78 is 23.2. The van der Waals surface area contributed by atoms with Crippen LogP contribution in [0.1, 0.15) is 31.4 Å². The van der Waals surface area contributed by atoms with Gasteiger partial charge in [-0.3, -0.25) is 4.52 Å². The van der Waals surface area contributed by atoms with Gasteiger partial charge in [-0.2, -0.15) is 0 Å². The summed E-state index contributed by atoms with van der Waals surface area (Å²) in [6.07, 6.45) is 2.63. The molecule has 1 aliphatic heterocycles. The summed E-state index contributed by atoms with van der Waals surface area (Å²) in [6, 6.07) is 8.12. The minimum atomic E-state index is -3.15. The normalized spacial score (nSPS) is 22.5. The minimum Gasteiger partial charge on any atom is -0.426 e. The molecule has 1 aromatic rings. The summed E-state index contributed by atoms with van der Waals surface area (Å²) >= 11 is 0. The van der Waals surface area contributed by atoms with E-state index in [0.29, 0.717) is 18.8 Å². The van der Waals surface area contributed by atoms with Gasteiger partial charge in [-0.05, 0) is 31.1 Å². The molecule has 0 fully saturated rings. The van der Waals surface area contributed by atoms with Crippen molar-refractivity contribution in [3.8, 4) is 0 Å². The lowest BCUT2D eigenvalue weighted by Gasteiger charge is -2.22. The third-order valence-corrected chi connectivity index (χ3v) is 4.60. The molecular weight excluding hydrogens is 259 g/mol. The van der Waals surface area contributed by atoms with E-state index < -0.39 is 7.60 Å². The van der Waals surface area contributed by atoms with Crippen molar-refractivity contribution in [2.45, 2.75) is 27.2 Å². The van der Waals surface area contributed by atoms with E-state index in [1.807, 2.05) is 51.1 Å². The van der Waals surface area contributed by atoms with Gasteiger partial charge in [0.2, 0.25) is 0 Å². The van der Waals surface area contributed by atoms with Crippen molar-refractivity contribution < 1.29 is 13.6 Å². The van der Waals surface area contributed by atoms with Crippen molar-refractivity contribution >= 4 is 13.2 Å². The molecule has 0 aliphatic carbocycles. The van der Waals surface area contributed by atoms with Crippen LogP contribution in [0.15, 0.2) is 41.9 Å². The molecule has 3 nitrogen and oxygen atoms in total. The van der Waals surface area contributed by atoms with E-state index in [-0.39, 0.29) is 0 Å². The molecule has 1 aliphatic rings. The number of aryl methyl sites for hydroxylation is 1. The first-order chi connectivity index (χ1) is 9.06. The third kappa shape index (κ3) is 3.37. The predicted molar refractivity (Wildman–Crippen MR) is 77.8 cm³/mol. The molecule has 2 rings (SSSR count). The number of allylic oxidation sites excluding steroid dienone is 3. The topological polar surface area (TPSA) is 35.5 Å². The van der Waals surface area contributed by atoms with Crippen molar-refractivity contribution in [3.05, 3.63) is 53.0 Å². The van der Waals surface area contributed by atoms with Gasteiger partial charge in [-0.1, -0.05) is 36.8 Å². The molecule has 1 aromatic carbocycles. The summed E-state index contributed by atoms with van der Waals surface area (Å²) in [4.78, 5) is 0. The maximum Gasteiger partial charge on any atom is 0.403 e. The van der Waals surface area contributed by atoms with Crippen molar-refractivity contribution in [2.75, 3.05) is 6.61 Å². The maximum absolute atomic E-state index is 12.5. The lowest BCUT2D eigenvalue weighted by molar-refractivity contribution is 0.254. The Morgan fingerprint density at radius 1 is 1.21 bits per heavy atom. The Kier molecular flexibility index (Phi) is 4.28. The van der Waals surface area contributed by atoms with Gasteiger partial charge in [0.05, 0.1) is 6.61 Å². The van der Waals surface area contributed by atoms with Crippen LogP contribution in [0.2, 0.25) is 0 Å². The maximum atomic E-state index is 12.5. The quantitative estimate of drug-likeness (QED) is 0.735. The second-order valence-electron chi connectivity index (χ2n) is 4.46. The van der Waals surface area contributed by atoms with Gasteiger partial charge >= 0.3 is 7.60 Å². The van der Waals surface area contributed by atoms with Crippen LogP contribution in [0.5, 0.6) is 0 Å². The minimum absolute atomic E-state index is 0.367. The third-order valence-electron chi connectivity index (χ3n) is 2.90. The Balaban J connectivity index is 2.41. The van der Waals surface area contributed by atoms with Crippen LogP contribution in [0.3, 0.4) is 0 Å². The average Bonchev–Trinajstić information content (AvgIpc) is 2.38. The Morgan fingerprint density at radius 3 is 2.47 bits per heavy atom. The van der Waals surface area contributed by atoms with Gasteiger partial charge < -0.3 is 4.52 Å². The Labute approximate surface area is 114 Å². The van der Waals surface area contributed by atoms with Gasteiger partial charge in [0.1, 0.15) is 5.76 Å². The molecular formula is C15H19O3P. The standard InChI is InChI=1S/C15H19O3P/c1-4-15-10-14(11-19(16,18-15)17-5-2)13-8-6-12(3)7-9-13/h6-11H,4-5H2,1-3H3. The van der Waals surface area contributed by atoms with Crippen LogP contribution >= 0.6 is 7.60 Å². The van der Waals surface area contributed by atoms with Crippen molar-refractivity contribution in [3.63, 3.8) is 0 Å². The van der Waals surface area contributed by atoms with Gasteiger partial charge in [0.15, 0.2) is 0 Å². The van der Waals surface area contributed by atoms with E-state index in [4.69, 9.17) is 9.05 Å². The summed E-state index contributed by atoms with van der Waals surface area (Å²) in [5.41, 5.74) is 3.13. The Morgan fingerprint density at radius 2 is 1.89 bits per heavy atom. The van der Waals surface area contributed by atoms with Gasteiger partial charge in [-0.15, -0.1) is 0 Å². The summed E-state index contributed by atoms with van der Waals surface area (Å²) in [5, 5.41) is 0. The predicted octanol–water partition coefficient (Wildman–Crippen LogP) is 4.89. The van der Waals surface area contributed by atoms with Crippen LogP contribution in [0, 0.1) is 6.92 Å². The molecule has 19 heavy (non-hydrogen) atoms. The number of rotatable bonds is 4. The lowest BCUT2D eigenvalue weighted by atomic mass is 10.0. The zero-order valence-corrected chi connectivity index (χ0v) is 12.4. The molecule has 1 heterocycles. The molecule has 0 N–H and O–H groups in total. The van der Waals surface area contributed by atoms with Crippen LogP contribution in [0.4, 0.5) is 0 Å². The number of hydrogen-bond donors (Lipinski definition) is 0. The molecule has 0 bridgehead atoms. The first kappa shape index (κ1) is 14.1.